The number of nitrogens with zero attached hydrogens (tertiary/aromatic N) is 4. The van der Waals surface area contributed by atoms with Gasteiger partial charge in [0.05, 0.1) is 11.4 Å². The van der Waals surface area contributed by atoms with Crippen LogP contribution >= 0.6 is 22.7 Å². The molecule has 0 unspecified atom stereocenters. The van der Waals surface area contributed by atoms with Crippen molar-refractivity contribution in [2.75, 3.05) is 0 Å². The fraction of sp³-hybridized carbons (Fsp3) is 0. The molecule has 4 nitrogen and oxygen atoms in total. The van der Waals surface area contributed by atoms with Gasteiger partial charge in [0, 0.05) is 30.0 Å². The second-order valence-electron chi connectivity index (χ2n) is 10.4. The summed E-state index contributed by atoms with van der Waals surface area (Å²) in [6, 6.07) is 56.5. The van der Waals surface area contributed by atoms with E-state index in [9.17, 15) is 0 Å². The molecular weight excluding hydrogens is 1010 g/mol. The molecule has 0 aliphatic heterocycles. The van der Waals surface area contributed by atoms with E-state index in [2.05, 4.69) is 50.3 Å². The first kappa shape index (κ1) is 36.8. The van der Waals surface area contributed by atoms with Gasteiger partial charge in [0.1, 0.15) is 0 Å². The predicted octanol–water partition coefficient (Wildman–Crippen LogP) is 10.9. The Labute approximate surface area is 328 Å². The number of rotatable bonds is 4. The number of pyridine rings is 4. The Morgan fingerprint density at radius 2 is 1.02 bits per heavy atom. The summed E-state index contributed by atoms with van der Waals surface area (Å²) in [5.41, 5.74) is 7.50. The van der Waals surface area contributed by atoms with E-state index in [0.717, 1.165) is 45.2 Å². The average molecular weight is 1040 g/mol. The Morgan fingerprint density at radius 1 is 0.440 bits per heavy atom. The molecule has 246 valence electrons. The van der Waals surface area contributed by atoms with Crippen LogP contribution in [0.15, 0.2) is 157 Å². The van der Waals surface area contributed by atoms with Gasteiger partial charge in [-0.15, -0.1) is 77.0 Å². The molecule has 0 radical (unpaired) electrons. The Hall–Kier alpha value is -4.44. The van der Waals surface area contributed by atoms with Gasteiger partial charge < -0.3 is 0 Å². The first-order valence-corrected chi connectivity index (χ1v) is 16.9. The van der Waals surface area contributed by atoms with E-state index >= 15 is 0 Å². The van der Waals surface area contributed by atoms with Gasteiger partial charge in [-0.25, -0.2) is 34.2 Å². The summed E-state index contributed by atoms with van der Waals surface area (Å²) in [5.74, 6) is 0. The maximum atomic E-state index is 4.62. The molecule has 0 saturated carbocycles. The monoisotopic (exact) mass is 1040 g/mol. The van der Waals surface area contributed by atoms with E-state index in [0.29, 0.717) is 0 Å². The van der Waals surface area contributed by atoms with Crippen molar-refractivity contribution in [1.29, 1.82) is 0 Å². The normalized spacial score (nSPS) is 10.1. The molecular formula is C42H26N4Pt2S2. The Balaban J connectivity index is 0.000000146. The molecule has 3 aromatic carbocycles. The first-order chi connectivity index (χ1) is 23.8. The molecule has 0 fully saturated rings. The molecule has 6 aromatic heterocycles. The molecule has 0 N–H and O–H groups in total. The topological polar surface area (TPSA) is 51.6 Å². The quantitative estimate of drug-likeness (QED) is 0.165. The molecule has 0 bridgehead atoms. The number of hydrogen-bond acceptors (Lipinski definition) is 6. The number of benzene rings is 3. The minimum Gasteiger partial charge on any atom is -0.295 e. The van der Waals surface area contributed by atoms with Crippen LogP contribution in [0, 0.1) is 24.3 Å². The Kier molecular flexibility index (Phi) is 13.6. The van der Waals surface area contributed by atoms with Crippen molar-refractivity contribution in [1.82, 2.24) is 19.9 Å². The second kappa shape index (κ2) is 18.5. The Morgan fingerprint density at radius 3 is 1.66 bits per heavy atom. The molecule has 0 aliphatic carbocycles. The standard InChI is InChI=1S/2C16H11N2.C10H4S2.2Pt/c1-3-10-17-15(8-1)13-6-5-7-14(12-13)16-9-2-4-11-18-16;1-2-7-13(8-3-1)14-10-6-11-16(18-14)15-9-4-5-12-17-15;1-2-4-9-7(3-1)8-5-6-11-10(8)12-9;;/h1-11H;1-7,9-12H;1-2,4,6H;;/q2*-1;-2;2*+2. The van der Waals surface area contributed by atoms with Crippen LogP contribution in [0.3, 0.4) is 0 Å². The van der Waals surface area contributed by atoms with Gasteiger partial charge in [-0.1, -0.05) is 63.0 Å². The summed E-state index contributed by atoms with van der Waals surface area (Å²) in [5, 5.41) is 4.47. The number of thiophene rings is 2. The van der Waals surface area contributed by atoms with Crippen LogP contribution in [0.2, 0.25) is 0 Å². The van der Waals surface area contributed by atoms with Gasteiger partial charge in [-0.05, 0) is 36.0 Å². The van der Waals surface area contributed by atoms with E-state index in [1.165, 1.54) is 19.5 Å². The zero-order chi connectivity index (χ0) is 32.4. The molecule has 0 atom stereocenters. The van der Waals surface area contributed by atoms with Gasteiger partial charge in [-0.2, -0.15) is 6.07 Å². The molecule has 6 heterocycles. The van der Waals surface area contributed by atoms with Gasteiger partial charge in [-0.3, -0.25) is 31.3 Å². The maximum absolute atomic E-state index is 4.62. The zero-order valence-electron chi connectivity index (χ0n) is 26.2. The van der Waals surface area contributed by atoms with Crippen molar-refractivity contribution >= 4 is 42.2 Å². The van der Waals surface area contributed by atoms with Gasteiger partial charge >= 0.3 is 42.1 Å². The summed E-state index contributed by atoms with van der Waals surface area (Å²) in [6.45, 7) is 0. The fourth-order valence-corrected chi connectivity index (χ4v) is 6.96. The van der Waals surface area contributed by atoms with E-state index in [1.807, 2.05) is 144 Å². The zero-order valence-corrected chi connectivity index (χ0v) is 32.4. The summed E-state index contributed by atoms with van der Waals surface area (Å²) >= 11 is 3.58. The molecule has 0 aliphatic rings. The average Bonchev–Trinajstić information content (AvgIpc) is 3.79. The first-order valence-electron chi connectivity index (χ1n) is 15.2. The minimum atomic E-state index is 0. The fourth-order valence-electron chi connectivity index (χ4n) is 4.92. The van der Waals surface area contributed by atoms with Crippen LogP contribution in [0.4, 0.5) is 0 Å². The van der Waals surface area contributed by atoms with E-state index in [-0.39, 0.29) is 42.1 Å². The van der Waals surface area contributed by atoms with Crippen molar-refractivity contribution in [2.45, 2.75) is 0 Å². The number of hydrogen-bond donors (Lipinski definition) is 0. The molecule has 8 heteroatoms. The van der Waals surface area contributed by atoms with Crippen LogP contribution in [0.1, 0.15) is 0 Å². The van der Waals surface area contributed by atoms with Gasteiger partial charge in [0.15, 0.2) is 0 Å². The summed E-state index contributed by atoms with van der Waals surface area (Å²) < 4.78 is 2.67. The maximum Gasteiger partial charge on any atom is 2.00 e. The smallest absolute Gasteiger partial charge is 0.295 e. The minimum absolute atomic E-state index is 0. The van der Waals surface area contributed by atoms with Crippen LogP contribution in [-0.4, -0.2) is 19.9 Å². The van der Waals surface area contributed by atoms with Gasteiger partial charge in [0.2, 0.25) is 0 Å². The van der Waals surface area contributed by atoms with Crippen LogP contribution in [-0.2, 0) is 42.1 Å². The largest absolute Gasteiger partial charge is 2.00 e. The summed E-state index contributed by atoms with van der Waals surface area (Å²) in [4.78, 5) is 17.6. The van der Waals surface area contributed by atoms with Crippen molar-refractivity contribution < 1.29 is 42.1 Å². The second-order valence-corrected chi connectivity index (χ2v) is 12.6. The SMILES string of the molecule is [Pt+2].[Pt+2].[c-]1c(-c2ccccn2)cccc1-c1ccccn1.[c-]1cccc2sc3sc[c-]c3c12.[c-]1ccccc1-c1cccc(-c2ccccn2)n1. The van der Waals surface area contributed by atoms with Crippen molar-refractivity contribution in [2.24, 2.45) is 0 Å². The molecule has 0 saturated heterocycles. The number of aromatic nitrogens is 4. The third-order valence-electron chi connectivity index (χ3n) is 7.18. The van der Waals surface area contributed by atoms with Crippen LogP contribution < -0.4 is 0 Å². The van der Waals surface area contributed by atoms with Crippen LogP contribution in [0.5, 0.6) is 0 Å². The molecule has 9 rings (SSSR count). The van der Waals surface area contributed by atoms with Crippen molar-refractivity contribution in [3.63, 3.8) is 0 Å². The van der Waals surface area contributed by atoms with E-state index in [1.54, 1.807) is 29.9 Å². The predicted molar refractivity (Wildman–Crippen MR) is 198 cm³/mol. The summed E-state index contributed by atoms with van der Waals surface area (Å²) in [7, 11) is 0. The van der Waals surface area contributed by atoms with E-state index < -0.39 is 0 Å². The van der Waals surface area contributed by atoms with Gasteiger partial charge in [0.25, 0.3) is 0 Å². The molecule has 0 spiro atoms. The molecule has 0 amide bonds. The third-order valence-corrected chi connectivity index (χ3v) is 9.32. The molecule has 50 heavy (non-hydrogen) atoms. The van der Waals surface area contributed by atoms with Crippen LogP contribution in [0.25, 0.3) is 64.6 Å². The third kappa shape index (κ3) is 9.21. The van der Waals surface area contributed by atoms with Crippen molar-refractivity contribution in [3.8, 4) is 45.2 Å². The summed E-state index contributed by atoms with van der Waals surface area (Å²) in [6.07, 6.45) is 5.35. The Bertz CT molecular complexity index is 2120. The van der Waals surface area contributed by atoms with Crippen molar-refractivity contribution in [3.05, 3.63) is 182 Å². The molecule has 9 aromatic rings. The van der Waals surface area contributed by atoms with E-state index in [4.69, 9.17) is 0 Å². The number of fused-ring (bicyclic) bond motifs is 3.